The van der Waals surface area contributed by atoms with Crippen LogP contribution in [-0.2, 0) is 14.3 Å². The van der Waals surface area contributed by atoms with E-state index in [1.165, 1.54) is 19.3 Å². The number of phenolic OH excluding ortho intramolecular Hbond substituents is 1. The minimum Gasteiger partial charge on any atom is -0.506 e. The van der Waals surface area contributed by atoms with Gasteiger partial charge in [-0.1, -0.05) is 13.8 Å². The molecule has 4 rings (SSSR count). The second kappa shape index (κ2) is 15.4. The highest BCUT2D eigenvalue weighted by atomic mass is 79.9. The van der Waals surface area contributed by atoms with Crippen molar-refractivity contribution < 1.29 is 53.1 Å². The monoisotopic (exact) mass is 790 g/mol. The van der Waals surface area contributed by atoms with E-state index in [0.717, 1.165) is 0 Å². The number of hydrogen-bond acceptors (Lipinski definition) is 10. The molecule has 0 amide bonds. The molecule has 280 valence electrons. The predicted molar refractivity (Wildman–Crippen MR) is 201 cm³/mol. The fourth-order valence-electron chi connectivity index (χ4n) is 6.78. The highest BCUT2D eigenvalue weighted by molar-refractivity contribution is 9.10. The Bertz CT molecular complexity index is 2130. The number of ether oxygens (including phenoxy) is 4. The first-order valence-electron chi connectivity index (χ1n) is 16.8. The molecule has 2 N–H and O–H groups in total. The van der Waals surface area contributed by atoms with Crippen molar-refractivity contribution in [3.8, 4) is 23.0 Å². The molecule has 0 saturated carbocycles. The van der Waals surface area contributed by atoms with Gasteiger partial charge >= 0.3 is 23.9 Å². The van der Waals surface area contributed by atoms with Gasteiger partial charge in [-0.3, -0.25) is 9.59 Å². The van der Waals surface area contributed by atoms with Crippen LogP contribution in [0.4, 0.5) is 0 Å². The van der Waals surface area contributed by atoms with Gasteiger partial charge < -0.3 is 29.2 Å². The third-order valence-corrected chi connectivity index (χ3v) is 10.7. The summed E-state index contributed by atoms with van der Waals surface area (Å²) in [6, 6.07) is 1.55. The maximum absolute atomic E-state index is 13.9. The number of carbonyl (C=O) groups excluding carboxylic acids is 4. The van der Waals surface area contributed by atoms with Crippen molar-refractivity contribution in [2.24, 2.45) is 5.92 Å². The lowest BCUT2D eigenvalue weighted by molar-refractivity contribution is -0.137. The topological polar surface area (TPSA) is 163 Å². The first-order chi connectivity index (χ1) is 24.7. The summed E-state index contributed by atoms with van der Waals surface area (Å²) in [6.45, 7) is 18.8. The molecule has 1 aliphatic carbocycles. The van der Waals surface area contributed by atoms with Gasteiger partial charge in [0.05, 0.1) is 18.2 Å². The molecule has 3 aromatic carbocycles. The molecule has 0 spiro atoms. The largest absolute Gasteiger partial charge is 0.506 e. The van der Waals surface area contributed by atoms with E-state index in [9.17, 15) is 34.2 Å². The fourth-order valence-corrected chi connectivity index (χ4v) is 7.36. The van der Waals surface area contributed by atoms with Gasteiger partial charge in [0.25, 0.3) is 0 Å². The molecule has 53 heavy (non-hydrogen) atoms. The molecule has 0 radical (unpaired) electrons. The average Bonchev–Trinajstić information content (AvgIpc) is 3.07. The molecule has 11 nitrogen and oxygen atoms in total. The average molecular weight is 792 g/mol. The van der Waals surface area contributed by atoms with Crippen molar-refractivity contribution in [3.05, 3.63) is 101 Å². The van der Waals surface area contributed by atoms with Gasteiger partial charge in [-0.2, -0.15) is 0 Å². The zero-order valence-electron chi connectivity index (χ0n) is 31.8. The van der Waals surface area contributed by atoms with Crippen molar-refractivity contribution in [3.63, 3.8) is 0 Å². The number of hydrogen-bond donors (Lipinski definition) is 2. The molecule has 1 atom stereocenters. The number of benzene rings is 3. The normalized spacial score (nSPS) is 14.1. The third kappa shape index (κ3) is 7.37. The van der Waals surface area contributed by atoms with Gasteiger partial charge in [-0.25, -0.2) is 14.4 Å². The van der Waals surface area contributed by atoms with Crippen LogP contribution in [0.25, 0.3) is 0 Å². The Morgan fingerprint density at radius 2 is 1.25 bits per heavy atom. The molecule has 0 heterocycles. The van der Waals surface area contributed by atoms with Crippen molar-refractivity contribution in [2.75, 3.05) is 7.11 Å². The lowest BCUT2D eigenvalue weighted by Gasteiger charge is -2.24. The standard InChI is InChI=1S/C41H43BrO11/c1-16(2)29-25(11)27(14-18(4)31(29)40(48)52-36-22(8)19(5)32(38(45)46)20(6)23(36)9)51-41(49)33-21(7)24(10)37(34(42)35(33)44)53-39(47)30-17(3)13-26(43)15-28(30)50-12/h13-16,30,44H,1-12H3,(H,45,46). The Balaban J connectivity index is 1.71. The number of aromatic carboxylic acids is 1. The quantitative estimate of drug-likeness (QED) is 0.158. The molecule has 1 aliphatic rings. The number of halogens is 1. The molecular formula is C41H43BrO11. The van der Waals surface area contributed by atoms with E-state index in [-0.39, 0.29) is 61.4 Å². The number of carboxylic acids is 1. The SMILES string of the molecule is COC1=CC(=O)C=C(C)C1C(=O)Oc1c(C)c(C)c(C(=O)Oc2cc(C)c(C(=O)Oc3c(C)c(C)c(C(=O)O)c(C)c3C)c(C(C)C)c2C)c(O)c1Br. The summed E-state index contributed by atoms with van der Waals surface area (Å²) in [5.41, 5.74) is 5.00. The van der Waals surface area contributed by atoms with Crippen LogP contribution in [0.15, 0.2) is 34.0 Å². The molecule has 0 aromatic heterocycles. The number of aromatic hydroxyl groups is 1. The summed E-state index contributed by atoms with van der Waals surface area (Å²) < 4.78 is 22.8. The van der Waals surface area contributed by atoms with E-state index in [2.05, 4.69) is 15.9 Å². The second-order valence-corrected chi connectivity index (χ2v) is 14.4. The molecular weight excluding hydrogens is 748 g/mol. The van der Waals surface area contributed by atoms with Gasteiger partial charge in [0.1, 0.15) is 39.0 Å². The second-order valence-electron chi connectivity index (χ2n) is 13.6. The van der Waals surface area contributed by atoms with Gasteiger partial charge in [-0.05, 0) is 152 Å². The zero-order valence-corrected chi connectivity index (χ0v) is 33.4. The van der Waals surface area contributed by atoms with E-state index in [4.69, 9.17) is 18.9 Å². The number of phenols is 1. The molecule has 12 heteroatoms. The summed E-state index contributed by atoms with van der Waals surface area (Å²) >= 11 is 3.29. The Kier molecular flexibility index (Phi) is 11.8. The highest BCUT2D eigenvalue weighted by Crippen LogP contribution is 2.44. The number of carboxylic acid groups (broad SMARTS) is 1. The minimum atomic E-state index is -1.06. The molecule has 0 saturated heterocycles. The zero-order chi connectivity index (χ0) is 40.0. The van der Waals surface area contributed by atoms with Crippen molar-refractivity contribution in [1.29, 1.82) is 0 Å². The van der Waals surface area contributed by atoms with Gasteiger partial charge in [0.2, 0.25) is 0 Å². The third-order valence-electron chi connectivity index (χ3n) is 9.93. The number of esters is 3. The van der Waals surface area contributed by atoms with Crippen molar-refractivity contribution in [2.45, 2.75) is 82.1 Å². The Morgan fingerprint density at radius 1 is 0.717 bits per heavy atom. The molecule has 3 aromatic rings. The number of carbonyl (C=O) groups is 5. The van der Waals surface area contributed by atoms with E-state index in [1.807, 2.05) is 13.8 Å². The lowest BCUT2D eigenvalue weighted by atomic mass is 9.88. The van der Waals surface area contributed by atoms with Crippen molar-refractivity contribution >= 4 is 45.6 Å². The van der Waals surface area contributed by atoms with Crippen LogP contribution in [0.1, 0.15) is 108 Å². The number of allylic oxidation sites excluding steroid dienone is 2. The highest BCUT2D eigenvalue weighted by Gasteiger charge is 2.34. The summed E-state index contributed by atoms with van der Waals surface area (Å²) in [6.07, 6.45) is 2.52. The van der Waals surface area contributed by atoms with Crippen LogP contribution >= 0.6 is 15.9 Å². The van der Waals surface area contributed by atoms with Crippen LogP contribution < -0.4 is 14.2 Å². The smallest absolute Gasteiger partial charge is 0.347 e. The summed E-state index contributed by atoms with van der Waals surface area (Å²) in [4.78, 5) is 64.9. The summed E-state index contributed by atoms with van der Waals surface area (Å²) in [7, 11) is 1.34. The van der Waals surface area contributed by atoms with E-state index >= 15 is 0 Å². The minimum absolute atomic E-state index is 0.0212. The Labute approximate surface area is 316 Å². The van der Waals surface area contributed by atoms with Crippen LogP contribution in [-0.4, -0.2) is 47.0 Å². The Hall–Kier alpha value is -5.23. The van der Waals surface area contributed by atoms with Crippen LogP contribution in [0.2, 0.25) is 0 Å². The number of methoxy groups -OCH3 is 1. The van der Waals surface area contributed by atoms with E-state index in [1.54, 1.807) is 68.4 Å². The van der Waals surface area contributed by atoms with E-state index < -0.39 is 35.5 Å². The predicted octanol–water partition coefficient (Wildman–Crippen LogP) is 8.46. The molecule has 1 unspecified atom stereocenters. The van der Waals surface area contributed by atoms with Gasteiger partial charge in [-0.15, -0.1) is 0 Å². The van der Waals surface area contributed by atoms with Crippen LogP contribution in [0.5, 0.6) is 23.0 Å². The maximum Gasteiger partial charge on any atom is 0.347 e. The maximum atomic E-state index is 13.9. The van der Waals surface area contributed by atoms with E-state index in [0.29, 0.717) is 50.1 Å². The van der Waals surface area contributed by atoms with Gasteiger partial charge in [0.15, 0.2) is 11.5 Å². The van der Waals surface area contributed by atoms with Crippen LogP contribution in [0, 0.1) is 61.3 Å². The number of aryl methyl sites for hydroxylation is 1. The first kappa shape index (κ1) is 40.5. The molecule has 0 bridgehead atoms. The van der Waals surface area contributed by atoms with Crippen molar-refractivity contribution in [1.82, 2.24) is 0 Å². The summed E-state index contributed by atoms with van der Waals surface area (Å²) in [5, 5.41) is 21.0. The first-order valence-corrected chi connectivity index (χ1v) is 17.6. The molecule has 0 fully saturated rings. The fraction of sp³-hybridized carbons (Fsp3) is 0.341. The number of ketones is 1. The Morgan fingerprint density at radius 3 is 1.77 bits per heavy atom. The number of rotatable bonds is 9. The summed E-state index contributed by atoms with van der Waals surface area (Å²) in [5.74, 6) is -4.85. The van der Waals surface area contributed by atoms with Gasteiger partial charge in [0, 0.05) is 6.08 Å². The van der Waals surface area contributed by atoms with Crippen LogP contribution in [0.3, 0.4) is 0 Å². The lowest BCUT2D eigenvalue weighted by Crippen LogP contribution is -2.28. The molecule has 0 aliphatic heterocycles.